The molecule has 0 saturated heterocycles. The largest absolute Gasteiger partial charge is 0.497 e. The van der Waals surface area contributed by atoms with Crippen LogP contribution in [0.2, 0.25) is 0 Å². The molecular formula is C22H30N2O2. The third-order valence-corrected chi connectivity index (χ3v) is 5.17. The third-order valence-electron chi connectivity index (χ3n) is 5.17. The molecule has 2 aromatic rings. The maximum absolute atomic E-state index is 6.01. The molecule has 0 aliphatic carbocycles. The van der Waals surface area contributed by atoms with Crippen LogP contribution >= 0.6 is 0 Å². The van der Waals surface area contributed by atoms with Crippen molar-refractivity contribution in [1.29, 1.82) is 0 Å². The minimum absolute atomic E-state index is 0.205. The molecule has 1 aliphatic rings. The van der Waals surface area contributed by atoms with Gasteiger partial charge >= 0.3 is 0 Å². The molecule has 140 valence electrons. The third kappa shape index (κ3) is 4.37. The van der Waals surface area contributed by atoms with Gasteiger partial charge in [0.25, 0.3) is 0 Å². The molecule has 4 nitrogen and oxygen atoms in total. The average Bonchev–Trinajstić information content (AvgIpc) is 2.70. The number of likely N-dealkylation sites (N-methyl/N-ethyl adjacent to an activating group) is 1. The molecule has 0 radical (unpaired) electrons. The Labute approximate surface area is 157 Å². The van der Waals surface area contributed by atoms with Crippen LogP contribution in [0.5, 0.6) is 11.5 Å². The molecule has 0 amide bonds. The van der Waals surface area contributed by atoms with E-state index < -0.39 is 0 Å². The highest BCUT2D eigenvalue weighted by Crippen LogP contribution is 2.32. The Morgan fingerprint density at radius 3 is 2.69 bits per heavy atom. The summed E-state index contributed by atoms with van der Waals surface area (Å²) in [5.74, 6) is 1.87. The molecule has 1 atom stereocenters. The maximum Gasteiger partial charge on any atom is 0.119 e. The maximum atomic E-state index is 6.01. The van der Waals surface area contributed by atoms with E-state index >= 15 is 0 Å². The molecule has 0 bridgehead atoms. The Balaban J connectivity index is 1.73. The summed E-state index contributed by atoms with van der Waals surface area (Å²) in [6.07, 6.45) is 1.03. The van der Waals surface area contributed by atoms with E-state index in [4.69, 9.17) is 9.47 Å². The van der Waals surface area contributed by atoms with Crippen molar-refractivity contribution in [3.05, 3.63) is 59.2 Å². The van der Waals surface area contributed by atoms with Gasteiger partial charge in [0.15, 0.2) is 0 Å². The number of benzene rings is 2. The van der Waals surface area contributed by atoms with Gasteiger partial charge in [-0.3, -0.25) is 0 Å². The SMILES string of the molecule is CCN(CC)CCOc1cccc(C2NCCc3cc(OC)ccc32)c1. The number of fused-ring (bicyclic) bond motifs is 1. The fraction of sp³-hybridized carbons (Fsp3) is 0.455. The van der Waals surface area contributed by atoms with Crippen LogP contribution in [0.4, 0.5) is 0 Å². The molecule has 1 unspecified atom stereocenters. The predicted octanol–water partition coefficient (Wildman–Crippen LogP) is 3.65. The minimum atomic E-state index is 0.205. The fourth-order valence-electron chi connectivity index (χ4n) is 3.58. The van der Waals surface area contributed by atoms with Crippen LogP contribution in [0, 0.1) is 0 Å². The second-order valence-electron chi connectivity index (χ2n) is 6.65. The summed E-state index contributed by atoms with van der Waals surface area (Å²) in [5, 5.41) is 3.64. The number of nitrogens with zero attached hydrogens (tertiary/aromatic N) is 1. The van der Waals surface area contributed by atoms with Gasteiger partial charge in [0.2, 0.25) is 0 Å². The minimum Gasteiger partial charge on any atom is -0.497 e. The number of nitrogens with one attached hydrogen (secondary N) is 1. The average molecular weight is 354 g/mol. The van der Waals surface area contributed by atoms with Crippen LogP contribution in [0.25, 0.3) is 0 Å². The topological polar surface area (TPSA) is 33.7 Å². The summed E-state index contributed by atoms with van der Waals surface area (Å²) in [6, 6.07) is 15.1. The molecule has 0 spiro atoms. The zero-order chi connectivity index (χ0) is 18.4. The van der Waals surface area contributed by atoms with Gasteiger partial charge in [-0.2, -0.15) is 0 Å². The van der Waals surface area contributed by atoms with E-state index in [9.17, 15) is 0 Å². The Kier molecular flexibility index (Phi) is 6.53. The monoisotopic (exact) mass is 354 g/mol. The van der Waals surface area contributed by atoms with Crippen molar-refractivity contribution in [3.63, 3.8) is 0 Å². The quantitative estimate of drug-likeness (QED) is 0.785. The second-order valence-corrected chi connectivity index (χ2v) is 6.65. The second kappa shape index (κ2) is 9.06. The van der Waals surface area contributed by atoms with E-state index in [1.807, 2.05) is 12.1 Å². The molecule has 4 heteroatoms. The van der Waals surface area contributed by atoms with E-state index in [1.54, 1.807) is 7.11 Å². The van der Waals surface area contributed by atoms with Crippen LogP contribution in [0.1, 0.15) is 36.6 Å². The number of methoxy groups -OCH3 is 1. The van der Waals surface area contributed by atoms with Gasteiger partial charge in [-0.15, -0.1) is 0 Å². The first-order valence-corrected chi connectivity index (χ1v) is 9.60. The van der Waals surface area contributed by atoms with Crippen LogP contribution in [0.15, 0.2) is 42.5 Å². The van der Waals surface area contributed by atoms with Crippen molar-refractivity contribution in [2.24, 2.45) is 0 Å². The Hall–Kier alpha value is -2.04. The number of rotatable bonds is 8. The lowest BCUT2D eigenvalue weighted by molar-refractivity contribution is 0.222. The van der Waals surface area contributed by atoms with Gasteiger partial charge in [0, 0.05) is 13.1 Å². The van der Waals surface area contributed by atoms with Gasteiger partial charge in [-0.05, 0) is 60.5 Å². The Morgan fingerprint density at radius 1 is 1.08 bits per heavy atom. The first-order chi connectivity index (χ1) is 12.7. The van der Waals surface area contributed by atoms with E-state index in [2.05, 4.69) is 54.4 Å². The molecule has 26 heavy (non-hydrogen) atoms. The van der Waals surface area contributed by atoms with Gasteiger partial charge < -0.3 is 19.7 Å². The summed E-state index contributed by atoms with van der Waals surface area (Å²) in [4.78, 5) is 2.37. The van der Waals surface area contributed by atoms with Gasteiger partial charge in [-0.1, -0.05) is 32.0 Å². The van der Waals surface area contributed by atoms with Gasteiger partial charge in [-0.25, -0.2) is 0 Å². The standard InChI is InChI=1S/C22H30N2O2/c1-4-24(5-2)13-14-26-20-8-6-7-18(16-20)22-21-10-9-19(25-3)15-17(21)11-12-23-22/h6-10,15-16,22-23H,4-5,11-14H2,1-3H3. The first kappa shape index (κ1) is 18.7. The molecule has 1 aliphatic heterocycles. The zero-order valence-corrected chi connectivity index (χ0v) is 16.1. The summed E-state index contributed by atoms with van der Waals surface area (Å²) in [6.45, 7) is 9.14. The molecule has 2 aromatic carbocycles. The van der Waals surface area contributed by atoms with Crippen molar-refractivity contribution in [2.75, 3.05) is 39.9 Å². The lowest BCUT2D eigenvalue weighted by atomic mass is 9.89. The summed E-state index contributed by atoms with van der Waals surface area (Å²) >= 11 is 0. The summed E-state index contributed by atoms with van der Waals surface area (Å²) in [5.41, 5.74) is 3.94. The normalized spacial score (nSPS) is 16.4. The highest BCUT2D eigenvalue weighted by Gasteiger charge is 2.22. The Morgan fingerprint density at radius 2 is 1.92 bits per heavy atom. The van der Waals surface area contributed by atoms with E-state index in [-0.39, 0.29) is 6.04 Å². The molecule has 0 saturated carbocycles. The lowest BCUT2D eigenvalue weighted by Crippen LogP contribution is -2.30. The highest BCUT2D eigenvalue weighted by molar-refractivity contribution is 5.45. The zero-order valence-electron chi connectivity index (χ0n) is 16.1. The molecule has 3 rings (SSSR count). The number of ether oxygens (including phenoxy) is 2. The van der Waals surface area contributed by atoms with Crippen LogP contribution in [0.3, 0.4) is 0 Å². The van der Waals surface area contributed by atoms with E-state index in [1.165, 1.54) is 16.7 Å². The van der Waals surface area contributed by atoms with Crippen LogP contribution in [-0.4, -0.2) is 44.8 Å². The summed E-state index contributed by atoms with van der Waals surface area (Å²) < 4.78 is 11.4. The van der Waals surface area contributed by atoms with Crippen molar-refractivity contribution in [3.8, 4) is 11.5 Å². The predicted molar refractivity (Wildman–Crippen MR) is 106 cm³/mol. The van der Waals surface area contributed by atoms with Crippen LogP contribution < -0.4 is 14.8 Å². The molecule has 1 N–H and O–H groups in total. The van der Waals surface area contributed by atoms with E-state index in [0.29, 0.717) is 0 Å². The van der Waals surface area contributed by atoms with Crippen molar-refractivity contribution < 1.29 is 9.47 Å². The van der Waals surface area contributed by atoms with Crippen LogP contribution in [-0.2, 0) is 6.42 Å². The van der Waals surface area contributed by atoms with Crippen molar-refractivity contribution >= 4 is 0 Å². The molecule has 0 fully saturated rings. The van der Waals surface area contributed by atoms with E-state index in [0.717, 1.165) is 50.7 Å². The first-order valence-electron chi connectivity index (χ1n) is 9.60. The van der Waals surface area contributed by atoms with Gasteiger partial charge in [0.1, 0.15) is 18.1 Å². The van der Waals surface area contributed by atoms with Crippen molar-refractivity contribution in [1.82, 2.24) is 10.2 Å². The molecule has 0 aromatic heterocycles. The van der Waals surface area contributed by atoms with Crippen molar-refractivity contribution in [2.45, 2.75) is 26.3 Å². The summed E-state index contributed by atoms with van der Waals surface area (Å²) in [7, 11) is 1.72. The van der Waals surface area contributed by atoms with Gasteiger partial charge in [0.05, 0.1) is 13.2 Å². The molecule has 1 heterocycles. The smallest absolute Gasteiger partial charge is 0.119 e. The lowest BCUT2D eigenvalue weighted by Gasteiger charge is -2.28. The fourth-order valence-corrected chi connectivity index (χ4v) is 3.58. The number of hydrogen-bond donors (Lipinski definition) is 1. The molecular weight excluding hydrogens is 324 g/mol. The highest BCUT2D eigenvalue weighted by atomic mass is 16.5. The Bertz CT molecular complexity index is 713. The number of hydrogen-bond acceptors (Lipinski definition) is 4.